The molecule has 0 aromatic carbocycles. The Hall–Kier alpha value is -1.63. The lowest BCUT2D eigenvalue weighted by Gasteiger charge is -2.08. The van der Waals surface area contributed by atoms with Gasteiger partial charge in [-0.25, -0.2) is 9.97 Å². The molecule has 2 rings (SSSR count). The van der Waals surface area contributed by atoms with Crippen molar-refractivity contribution >= 4 is 27.6 Å². The smallest absolute Gasteiger partial charge is 0.146 e. The third-order valence-electron chi connectivity index (χ3n) is 2.14. The first-order chi connectivity index (χ1) is 8.20. The summed E-state index contributed by atoms with van der Waals surface area (Å²) < 4.78 is 5.78. The molecule has 2 aromatic heterocycles. The van der Waals surface area contributed by atoms with Crippen LogP contribution in [0.15, 0.2) is 21.4 Å². The fourth-order valence-corrected chi connectivity index (χ4v) is 1.89. The Morgan fingerprint density at radius 2 is 2.12 bits per heavy atom. The van der Waals surface area contributed by atoms with Gasteiger partial charge in [0.15, 0.2) is 0 Å². The molecule has 90 valence electrons. The molecular formula is C10H12BrN5O. The molecular weight excluding hydrogens is 286 g/mol. The number of rotatable bonds is 4. The van der Waals surface area contributed by atoms with Crippen molar-refractivity contribution in [3.8, 4) is 0 Å². The molecule has 0 bridgehead atoms. The van der Waals surface area contributed by atoms with Crippen molar-refractivity contribution in [2.45, 2.75) is 13.5 Å². The zero-order chi connectivity index (χ0) is 12.3. The largest absolute Gasteiger partial charge is 0.372 e. The molecule has 0 atom stereocenters. The molecule has 0 saturated heterocycles. The van der Waals surface area contributed by atoms with Gasteiger partial charge in [0, 0.05) is 13.1 Å². The third-order valence-corrected chi connectivity index (χ3v) is 2.89. The van der Waals surface area contributed by atoms with E-state index in [0.717, 1.165) is 21.7 Å². The van der Waals surface area contributed by atoms with Crippen LogP contribution in [-0.4, -0.2) is 22.2 Å². The summed E-state index contributed by atoms with van der Waals surface area (Å²) in [5.74, 6) is 2.24. The van der Waals surface area contributed by atoms with Gasteiger partial charge in [-0.3, -0.25) is 0 Å². The minimum Gasteiger partial charge on any atom is -0.372 e. The van der Waals surface area contributed by atoms with E-state index in [1.807, 2.05) is 13.0 Å². The highest BCUT2D eigenvalue weighted by Crippen LogP contribution is 2.26. The molecule has 6 nitrogen and oxygen atoms in total. The topological polar surface area (TPSA) is 75.9 Å². The summed E-state index contributed by atoms with van der Waals surface area (Å²) in [6.07, 6.45) is 1.49. The Kier molecular flexibility index (Phi) is 3.58. The van der Waals surface area contributed by atoms with Gasteiger partial charge in [-0.15, -0.1) is 0 Å². The van der Waals surface area contributed by atoms with Gasteiger partial charge in [0.05, 0.1) is 6.54 Å². The van der Waals surface area contributed by atoms with Crippen LogP contribution in [0.25, 0.3) is 0 Å². The van der Waals surface area contributed by atoms with Gasteiger partial charge in [0.25, 0.3) is 0 Å². The number of nitrogens with zero attached hydrogens (tertiary/aromatic N) is 3. The minimum absolute atomic E-state index is 0.552. The lowest BCUT2D eigenvalue weighted by Crippen LogP contribution is -2.04. The monoisotopic (exact) mass is 297 g/mol. The molecule has 0 aliphatic heterocycles. The molecule has 0 unspecified atom stereocenters. The molecule has 2 N–H and O–H groups in total. The summed E-state index contributed by atoms with van der Waals surface area (Å²) in [4.78, 5) is 8.21. The first-order valence-electron chi connectivity index (χ1n) is 5.05. The van der Waals surface area contributed by atoms with Crippen molar-refractivity contribution in [2.24, 2.45) is 0 Å². The first-order valence-corrected chi connectivity index (χ1v) is 5.84. The maximum Gasteiger partial charge on any atom is 0.146 e. The van der Waals surface area contributed by atoms with Crippen LogP contribution >= 0.6 is 15.9 Å². The van der Waals surface area contributed by atoms with E-state index in [4.69, 9.17) is 4.52 Å². The molecule has 0 aliphatic rings. The number of nitrogens with one attached hydrogen (secondary N) is 2. The van der Waals surface area contributed by atoms with E-state index in [2.05, 4.69) is 41.7 Å². The van der Waals surface area contributed by atoms with Crippen molar-refractivity contribution in [1.29, 1.82) is 0 Å². The highest BCUT2D eigenvalue weighted by molar-refractivity contribution is 9.10. The third kappa shape index (κ3) is 2.73. The molecule has 2 aromatic rings. The fourth-order valence-electron chi connectivity index (χ4n) is 1.34. The second-order valence-corrected chi connectivity index (χ2v) is 4.21. The van der Waals surface area contributed by atoms with E-state index >= 15 is 0 Å². The highest BCUT2D eigenvalue weighted by atomic mass is 79.9. The average molecular weight is 298 g/mol. The molecule has 0 aliphatic carbocycles. The summed E-state index contributed by atoms with van der Waals surface area (Å²) >= 11 is 3.43. The standard InChI is InChI=1S/C10H12BrN5O/c1-6-3-7(16-17-6)4-13-10-8(11)9(12-2)14-5-15-10/h3,5H,4H2,1-2H3,(H2,12,13,14,15). The Balaban J connectivity index is 2.09. The van der Waals surface area contributed by atoms with Crippen LogP contribution in [0.3, 0.4) is 0 Å². The number of halogens is 1. The van der Waals surface area contributed by atoms with Crippen LogP contribution < -0.4 is 10.6 Å². The van der Waals surface area contributed by atoms with Crippen LogP contribution in [0, 0.1) is 6.92 Å². The number of anilines is 2. The molecule has 17 heavy (non-hydrogen) atoms. The Labute approximate surface area is 107 Å². The van der Waals surface area contributed by atoms with Crippen molar-refractivity contribution < 1.29 is 4.52 Å². The molecule has 0 amide bonds. The highest BCUT2D eigenvalue weighted by Gasteiger charge is 2.07. The van der Waals surface area contributed by atoms with Gasteiger partial charge < -0.3 is 15.2 Å². The fraction of sp³-hybridized carbons (Fsp3) is 0.300. The predicted octanol–water partition coefficient (Wildman–Crippen LogP) is 2.19. The van der Waals surface area contributed by atoms with Gasteiger partial charge in [0.1, 0.15) is 33.9 Å². The van der Waals surface area contributed by atoms with Gasteiger partial charge in [-0.05, 0) is 22.9 Å². The molecule has 0 saturated carbocycles. The second kappa shape index (κ2) is 5.13. The lowest BCUT2D eigenvalue weighted by molar-refractivity contribution is 0.391. The Morgan fingerprint density at radius 1 is 1.35 bits per heavy atom. The summed E-state index contributed by atoms with van der Waals surface area (Å²) in [7, 11) is 1.80. The van der Waals surface area contributed by atoms with E-state index in [1.54, 1.807) is 7.05 Å². The maximum atomic E-state index is 4.98. The zero-order valence-corrected chi connectivity index (χ0v) is 11.1. The van der Waals surface area contributed by atoms with Crippen LogP contribution in [-0.2, 0) is 6.54 Å². The number of hydrogen-bond donors (Lipinski definition) is 2. The summed E-state index contributed by atoms with van der Waals surface area (Å²) in [5.41, 5.74) is 0.832. The number of hydrogen-bond acceptors (Lipinski definition) is 6. The van der Waals surface area contributed by atoms with Crippen molar-refractivity contribution in [3.63, 3.8) is 0 Å². The van der Waals surface area contributed by atoms with E-state index in [1.165, 1.54) is 6.33 Å². The average Bonchev–Trinajstić information content (AvgIpc) is 2.74. The number of aromatic nitrogens is 3. The van der Waals surface area contributed by atoms with Crippen LogP contribution in [0.1, 0.15) is 11.5 Å². The summed E-state index contributed by atoms with van der Waals surface area (Å²) in [6.45, 7) is 2.41. The van der Waals surface area contributed by atoms with Crippen LogP contribution in [0.2, 0.25) is 0 Å². The van der Waals surface area contributed by atoms with E-state index < -0.39 is 0 Å². The summed E-state index contributed by atoms with van der Waals surface area (Å²) in [5, 5.41) is 10.0. The molecule has 0 radical (unpaired) electrons. The first kappa shape index (κ1) is 11.8. The normalized spacial score (nSPS) is 10.3. The van der Waals surface area contributed by atoms with Gasteiger partial charge in [-0.1, -0.05) is 5.16 Å². The van der Waals surface area contributed by atoms with Crippen LogP contribution in [0.4, 0.5) is 11.6 Å². The van der Waals surface area contributed by atoms with E-state index in [0.29, 0.717) is 12.4 Å². The zero-order valence-electron chi connectivity index (χ0n) is 9.49. The lowest BCUT2D eigenvalue weighted by atomic mass is 10.4. The van der Waals surface area contributed by atoms with E-state index in [-0.39, 0.29) is 0 Å². The quantitative estimate of drug-likeness (QED) is 0.901. The molecule has 0 spiro atoms. The van der Waals surface area contributed by atoms with E-state index in [9.17, 15) is 0 Å². The Morgan fingerprint density at radius 3 is 2.76 bits per heavy atom. The van der Waals surface area contributed by atoms with Crippen LogP contribution in [0.5, 0.6) is 0 Å². The second-order valence-electron chi connectivity index (χ2n) is 3.42. The van der Waals surface area contributed by atoms with Gasteiger partial charge >= 0.3 is 0 Å². The molecule has 7 heteroatoms. The van der Waals surface area contributed by atoms with Gasteiger partial charge in [-0.2, -0.15) is 0 Å². The number of aryl methyl sites for hydroxylation is 1. The van der Waals surface area contributed by atoms with Crippen molar-refractivity contribution in [2.75, 3.05) is 17.7 Å². The molecule has 2 heterocycles. The maximum absolute atomic E-state index is 4.98. The molecule has 0 fully saturated rings. The van der Waals surface area contributed by atoms with Gasteiger partial charge in [0.2, 0.25) is 0 Å². The Bertz CT molecular complexity index is 513. The van der Waals surface area contributed by atoms with Crippen molar-refractivity contribution in [3.05, 3.63) is 28.3 Å². The summed E-state index contributed by atoms with van der Waals surface area (Å²) in [6, 6.07) is 1.88. The minimum atomic E-state index is 0.552. The SMILES string of the molecule is CNc1ncnc(NCc2cc(C)on2)c1Br. The predicted molar refractivity (Wildman–Crippen MR) is 67.8 cm³/mol. The van der Waals surface area contributed by atoms with Crippen molar-refractivity contribution in [1.82, 2.24) is 15.1 Å².